The number of hydrogen-bond donors (Lipinski definition) is 0. The number of fused-ring (bicyclic) bond motifs is 1. The highest BCUT2D eigenvalue weighted by atomic mass is 32.1. The van der Waals surface area contributed by atoms with E-state index in [4.69, 9.17) is 14.5 Å². The Morgan fingerprint density at radius 3 is 2.55 bits per heavy atom. The van der Waals surface area contributed by atoms with E-state index in [-0.39, 0.29) is 5.41 Å². The Kier molecular flexibility index (Phi) is 3.60. The maximum Gasteiger partial charge on any atom is 0.194 e. The lowest BCUT2D eigenvalue weighted by atomic mass is 9.93. The molecule has 5 heteroatoms. The maximum absolute atomic E-state index is 5.51. The Morgan fingerprint density at radius 2 is 1.91 bits per heavy atom. The highest BCUT2D eigenvalue weighted by Crippen LogP contribution is 2.36. The number of imidazole rings is 1. The number of rotatable bonds is 3. The van der Waals surface area contributed by atoms with Crippen molar-refractivity contribution in [3.05, 3.63) is 35.5 Å². The SMILES string of the molecule is COc1ccc(OC)c(-c2csc3nc(C(C)(C)C)cn23)c1. The van der Waals surface area contributed by atoms with E-state index in [2.05, 4.69) is 36.7 Å². The van der Waals surface area contributed by atoms with Gasteiger partial charge in [0.2, 0.25) is 0 Å². The van der Waals surface area contributed by atoms with Gasteiger partial charge in [0, 0.05) is 22.6 Å². The van der Waals surface area contributed by atoms with E-state index >= 15 is 0 Å². The monoisotopic (exact) mass is 316 g/mol. The van der Waals surface area contributed by atoms with Gasteiger partial charge in [-0.2, -0.15) is 0 Å². The fourth-order valence-electron chi connectivity index (χ4n) is 2.35. The zero-order valence-electron chi connectivity index (χ0n) is 13.5. The molecule has 0 bridgehead atoms. The molecule has 4 nitrogen and oxygen atoms in total. The molecule has 116 valence electrons. The van der Waals surface area contributed by atoms with E-state index in [0.717, 1.165) is 33.4 Å². The van der Waals surface area contributed by atoms with Gasteiger partial charge in [-0.15, -0.1) is 11.3 Å². The zero-order chi connectivity index (χ0) is 15.9. The molecule has 3 rings (SSSR count). The molecule has 0 aliphatic rings. The summed E-state index contributed by atoms with van der Waals surface area (Å²) >= 11 is 1.63. The molecule has 0 atom stereocenters. The molecule has 0 fully saturated rings. The molecule has 0 unspecified atom stereocenters. The lowest BCUT2D eigenvalue weighted by Crippen LogP contribution is -2.11. The third kappa shape index (κ3) is 2.46. The average molecular weight is 316 g/mol. The molecule has 0 aliphatic heterocycles. The molecule has 1 aromatic carbocycles. The summed E-state index contributed by atoms with van der Waals surface area (Å²) in [6, 6.07) is 5.83. The second-order valence-corrected chi connectivity index (χ2v) is 7.05. The molecule has 0 amide bonds. The van der Waals surface area contributed by atoms with Gasteiger partial charge in [-0.25, -0.2) is 4.98 Å². The summed E-state index contributed by atoms with van der Waals surface area (Å²) in [5.74, 6) is 1.64. The highest BCUT2D eigenvalue weighted by Gasteiger charge is 2.20. The van der Waals surface area contributed by atoms with Crippen LogP contribution in [0.5, 0.6) is 11.5 Å². The number of methoxy groups -OCH3 is 2. The minimum atomic E-state index is 0.0292. The number of hydrogen-bond acceptors (Lipinski definition) is 4. The Bertz CT molecular complexity index is 812. The van der Waals surface area contributed by atoms with Gasteiger partial charge in [-0.05, 0) is 18.2 Å². The first-order valence-corrected chi connectivity index (χ1v) is 8.01. The third-order valence-electron chi connectivity index (χ3n) is 3.66. The Morgan fingerprint density at radius 1 is 1.14 bits per heavy atom. The second kappa shape index (κ2) is 5.32. The van der Waals surface area contributed by atoms with Crippen LogP contribution >= 0.6 is 11.3 Å². The summed E-state index contributed by atoms with van der Waals surface area (Å²) in [4.78, 5) is 5.73. The van der Waals surface area contributed by atoms with Crippen molar-refractivity contribution in [2.75, 3.05) is 14.2 Å². The second-order valence-electron chi connectivity index (χ2n) is 6.22. The third-order valence-corrected chi connectivity index (χ3v) is 4.50. The molecular formula is C17H20N2O2S. The Hall–Kier alpha value is -2.01. The summed E-state index contributed by atoms with van der Waals surface area (Å²) in [6.45, 7) is 6.52. The molecule has 22 heavy (non-hydrogen) atoms. The predicted molar refractivity (Wildman–Crippen MR) is 90.3 cm³/mol. The first-order chi connectivity index (χ1) is 10.4. The van der Waals surface area contributed by atoms with Crippen molar-refractivity contribution in [1.29, 1.82) is 0 Å². The van der Waals surface area contributed by atoms with Crippen molar-refractivity contribution in [3.8, 4) is 22.8 Å². The standard InChI is InChI=1S/C17H20N2O2S/c1-17(2,3)15-9-19-13(10-22-16(19)18-15)12-8-11(20-4)6-7-14(12)21-5/h6-10H,1-5H3. The quantitative estimate of drug-likeness (QED) is 0.719. The zero-order valence-corrected chi connectivity index (χ0v) is 14.3. The van der Waals surface area contributed by atoms with Crippen LogP contribution in [0.15, 0.2) is 29.8 Å². The molecule has 0 saturated heterocycles. The van der Waals surface area contributed by atoms with Gasteiger partial charge in [0.1, 0.15) is 11.5 Å². The largest absolute Gasteiger partial charge is 0.497 e. The van der Waals surface area contributed by atoms with Crippen LogP contribution in [0.1, 0.15) is 26.5 Å². The van der Waals surface area contributed by atoms with Gasteiger partial charge in [0.25, 0.3) is 0 Å². The smallest absolute Gasteiger partial charge is 0.194 e. The van der Waals surface area contributed by atoms with Crippen LogP contribution in [-0.4, -0.2) is 23.6 Å². The van der Waals surface area contributed by atoms with Crippen LogP contribution in [-0.2, 0) is 5.41 Å². The van der Waals surface area contributed by atoms with Gasteiger partial charge < -0.3 is 9.47 Å². The van der Waals surface area contributed by atoms with E-state index in [1.165, 1.54) is 0 Å². The topological polar surface area (TPSA) is 35.8 Å². The average Bonchev–Trinajstić information content (AvgIpc) is 3.06. The van der Waals surface area contributed by atoms with Gasteiger partial charge >= 0.3 is 0 Å². The molecule has 0 N–H and O–H groups in total. The summed E-state index contributed by atoms with van der Waals surface area (Å²) in [5.41, 5.74) is 3.19. The molecule has 0 saturated carbocycles. The van der Waals surface area contributed by atoms with E-state index < -0.39 is 0 Å². The Balaban J connectivity index is 2.20. The van der Waals surface area contributed by atoms with Gasteiger partial charge in [0.05, 0.1) is 25.6 Å². The van der Waals surface area contributed by atoms with Crippen LogP contribution < -0.4 is 9.47 Å². The van der Waals surface area contributed by atoms with E-state index in [0.29, 0.717) is 0 Å². The van der Waals surface area contributed by atoms with Crippen LogP contribution in [0.2, 0.25) is 0 Å². The molecule has 0 radical (unpaired) electrons. The number of aromatic nitrogens is 2. The number of ether oxygens (including phenoxy) is 2. The lowest BCUT2D eigenvalue weighted by Gasteiger charge is -2.14. The predicted octanol–water partition coefficient (Wildman–Crippen LogP) is 4.38. The van der Waals surface area contributed by atoms with Crippen molar-refractivity contribution in [3.63, 3.8) is 0 Å². The number of thiazole rings is 1. The van der Waals surface area contributed by atoms with Crippen LogP contribution in [0.25, 0.3) is 16.2 Å². The van der Waals surface area contributed by atoms with E-state index in [9.17, 15) is 0 Å². The summed E-state index contributed by atoms with van der Waals surface area (Å²) < 4.78 is 13.0. The van der Waals surface area contributed by atoms with Crippen molar-refractivity contribution in [2.45, 2.75) is 26.2 Å². The molecular weight excluding hydrogens is 296 g/mol. The van der Waals surface area contributed by atoms with Crippen LogP contribution in [0, 0.1) is 0 Å². The van der Waals surface area contributed by atoms with Crippen LogP contribution in [0.3, 0.4) is 0 Å². The fourth-order valence-corrected chi connectivity index (χ4v) is 3.23. The van der Waals surface area contributed by atoms with Crippen molar-refractivity contribution in [2.24, 2.45) is 0 Å². The number of benzene rings is 1. The maximum atomic E-state index is 5.51. The summed E-state index contributed by atoms with van der Waals surface area (Å²) in [7, 11) is 3.35. The van der Waals surface area contributed by atoms with Crippen molar-refractivity contribution >= 4 is 16.3 Å². The molecule has 2 aromatic heterocycles. The van der Waals surface area contributed by atoms with Crippen LogP contribution in [0.4, 0.5) is 0 Å². The first kappa shape index (κ1) is 14.9. The Labute approximate surface area is 134 Å². The molecule has 2 heterocycles. The summed E-state index contributed by atoms with van der Waals surface area (Å²) in [6.07, 6.45) is 2.11. The molecule has 3 aromatic rings. The van der Waals surface area contributed by atoms with Gasteiger partial charge in [-0.3, -0.25) is 4.40 Å². The first-order valence-electron chi connectivity index (χ1n) is 7.13. The van der Waals surface area contributed by atoms with Crippen molar-refractivity contribution < 1.29 is 9.47 Å². The minimum Gasteiger partial charge on any atom is -0.497 e. The highest BCUT2D eigenvalue weighted by molar-refractivity contribution is 7.15. The van der Waals surface area contributed by atoms with Gasteiger partial charge in [0.15, 0.2) is 4.96 Å². The lowest BCUT2D eigenvalue weighted by molar-refractivity contribution is 0.404. The minimum absolute atomic E-state index is 0.0292. The normalized spacial score (nSPS) is 11.9. The van der Waals surface area contributed by atoms with Crippen molar-refractivity contribution in [1.82, 2.24) is 9.38 Å². The summed E-state index contributed by atoms with van der Waals surface area (Å²) in [5, 5.41) is 2.10. The van der Waals surface area contributed by atoms with E-state index in [1.807, 2.05) is 18.2 Å². The fraction of sp³-hybridized carbons (Fsp3) is 0.353. The van der Waals surface area contributed by atoms with E-state index in [1.54, 1.807) is 25.6 Å². The number of nitrogens with zero attached hydrogens (tertiary/aromatic N) is 2. The van der Waals surface area contributed by atoms with Gasteiger partial charge in [-0.1, -0.05) is 20.8 Å². The molecule has 0 aliphatic carbocycles. The molecule has 0 spiro atoms.